The van der Waals surface area contributed by atoms with Crippen LogP contribution >= 0.6 is 0 Å². The van der Waals surface area contributed by atoms with Gasteiger partial charge >= 0.3 is 5.97 Å². The molecule has 9 heteroatoms. The Morgan fingerprint density at radius 3 is 2.34 bits per heavy atom. The summed E-state index contributed by atoms with van der Waals surface area (Å²) in [6.07, 6.45) is 3.92. The molecule has 1 aromatic carbocycles. The van der Waals surface area contributed by atoms with Crippen LogP contribution < -0.4 is 14.2 Å². The molecule has 1 unspecified atom stereocenters. The summed E-state index contributed by atoms with van der Waals surface area (Å²) in [5.74, 6) is 0.589. The molecule has 3 N–H and O–H groups in total. The number of hydrogen-bond donors (Lipinski definition) is 3. The minimum absolute atomic E-state index is 0.0259. The molecule has 0 bridgehead atoms. The Balaban J connectivity index is 2.07. The van der Waals surface area contributed by atoms with Crippen LogP contribution in [0.3, 0.4) is 0 Å². The molecule has 1 atom stereocenters. The number of benzene rings is 1. The smallest absolute Gasteiger partial charge is 0.303 e. The maximum absolute atomic E-state index is 11.9. The zero-order chi connectivity index (χ0) is 21.5. The molecule has 0 saturated heterocycles. The summed E-state index contributed by atoms with van der Waals surface area (Å²) in [6.45, 7) is 0.521. The highest BCUT2D eigenvalue weighted by atomic mass is 32.2. The van der Waals surface area contributed by atoms with Crippen LogP contribution in [0.4, 0.5) is 0 Å². The predicted molar refractivity (Wildman–Crippen MR) is 111 cm³/mol. The molecule has 0 radical (unpaired) electrons. The molecule has 0 saturated carbocycles. The van der Waals surface area contributed by atoms with Gasteiger partial charge in [0.1, 0.15) is 18.1 Å². The van der Waals surface area contributed by atoms with Crippen molar-refractivity contribution in [2.45, 2.75) is 57.5 Å². The molecular formula is C20H33NO7S. The third-order valence-corrected chi connectivity index (χ3v) is 5.81. The minimum Gasteiger partial charge on any atom is -0.497 e. The van der Waals surface area contributed by atoms with E-state index in [-0.39, 0.29) is 18.8 Å². The largest absolute Gasteiger partial charge is 0.497 e. The number of carbonyl (C=O) groups is 1. The SMILES string of the molecule is COc1ccc(OCC(O)CCCCS(=O)(=O)NCCCCCCC(=O)O)cc1. The number of nitrogens with one attached hydrogen (secondary N) is 1. The molecule has 0 amide bonds. The number of carboxylic acids is 1. The standard InChI is InChI=1S/C20H33NO7S/c1-27-18-10-12-19(13-11-18)28-16-17(22)8-5-7-15-29(25,26)21-14-6-3-2-4-9-20(23)24/h10-13,17,21-22H,2-9,14-16H2,1H3,(H,23,24). The van der Waals surface area contributed by atoms with E-state index in [1.165, 1.54) is 0 Å². The number of aliphatic hydroxyl groups is 1. The van der Waals surface area contributed by atoms with Crippen LogP contribution in [0.5, 0.6) is 11.5 Å². The van der Waals surface area contributed by atoms with Gasteiger partial charge in [-0.2, -0.15) is 0 Å². The molecule has 29 heavy (non-hydrogen) atoms. The molecule has 166 valence electrons. The fourth-order valence-electron chi connectivity index (χ4n) is 2.67. The van der Waals surface area contributed by atoms with Gasteiger partial charge in [-0.3, -0.25) is 4.79 Å². The summed E-state index contributed by atoms with van der Waals surface area (Å²) in [5.41, 5.74) is 0. The first-order valence-corrected chi connectivity index (χ1v) is 11.6. The zero-order valence-corrected chi connectivity index (χ0v) is 17.8. The second-order valence-electron chi connectivity index (χ2n) is 6.91. The molecule has 1 aromatic rings. The van der Waals surface area contributed by atoms with Gasteiger partial charge in [0.05, 0.1) is 19.0 Å². The van der Waals surface area contributed by atoms with Crippen molar-refractivity contribution in [2.24, 2.45) is 0 Å². The molecular weight excluding hydrogens is 398 g/mol. The van der Waals surface area contributed by atoms with Gasteiger partial charge in [0.2, 0.25) is 10.0 Å². The van der Waals surface area contributed by atoms with Crippen molar-refractivity contribution in [3.05, 3.63) is 24.3 Å². The average Bonchev–Trinajstić information content (AvgIpc) is 2.69. The number of methoxy groups -OCH3 is 1. The monoisotopic (exact) mass is 431 g/mol. The van der Waals surface area contributed by atoms with Gasteiger partial charge in [0, 0.05) is 13.0 Å². The normalized spacial score (nSPS) is 12.5. The van der Waals surface area contributed by atoms with Gasteiger partial charge in [-0.05, 0) is 56.4 Å². The first kappa shape index (κ1) is 25.2. The van der Waals surface area contributed by atoms with E-state index in [0.717, 1.165) is 18.6 Å². The van der Waals surface area contributed by atoms with E-state index in [9.17, 15) is 18.3 Å². The lowest BCUT2D eigenvalue weighted by atomic mass is 10.1. The van der Waals surface area contributed by atoms with E-state index in [4.69, 9.17) is 14.6 Å². The van der Waals surface area contributed by atoms with Crippen molar-refractivity contribution in [3.63, 3.8) is 0 Å². The molecule has 8 nitrogen and oxygen atoms in total. The fraction of sp³-hybridized carbons (Fsp3) is 0.650. The lowest BCUT2D eigenvalue weighted by Crippen LogP contribution is -2.27. The number of carboxylic acid groups (broad SMARTS) is 1. The third kappa shape index (κ3) is 13.1. The maximum Gasteiger partial charge on any atom is 0.303 e. The van der Waals surface area contributed by atoms with Crippen LogP contribution in [0.25, 0.3) is 0 Å². The molecule has 0 spiro atoms. The van der Waals surface area contributed by atoms with Crippen LogP contribution in [0.2, 0.25) is 0 Å². The Bertz CT molecular complexity index is 677. The van der Waals surface area contributed by atoms with E-state index in [1.807, 2.05) is 0 Å². The van der Waals surface area contributed by atoms with Gasteiger partial charge in [0.25, 0.3) is 0 Å². The van der Waals surface area contributed by atoms with Gasteiger partial charge in [-0.15, -0.1) is 0 Å². The first-order chi connectivity index (χ1) is 13.8. The zero-order valence-electron chi connectivity index (χ0n) is 17.0. The molecule has 0 aliphatic rings. The van der Waals surface area contributed by atoms with E-state index < -0.39 is 22.1 Å². The summed E-state index contributed by atoms with van der Waals surface area (Å²) < 4.78 is 37.0. The number of unbranched alkanes of at least 4 members (excludes halogenated alkanes) is 4. The van der Waals surface area contributed by atoms with Crippen molar-refractivity contribution >= 4 is 16.0 Å². The van der Waals surface area contributed by atoms with Gasteiger partial charge < -0.3 is 19.7 Å². The van der Waals surface area contributed by atoms with Crippen molar-refractivity contribution in [3.8, 4) is 11.5 Å². The summed E-state index contributed by atoms with van der Waals surface area (Å²) in [6, 6.07) is 7.07. The summed E-state index contributed by atoms with van der Waals surface area (Å²) >= 11 is 0. The third-order valence-electron chi connectivity index (χ3n) is 4.34. The van der Waals surface area contributed by atoms with E-state index in [1.54, 1.807) is 31.4 Å². The number of rotatable bonds is 17. The van der Waals surface area contributed by atoms with Gasteiger partial charge in [-0.25, -0.2) is 13.1 Å². The second-order valence-corrected chi connectivity index (χ2v) is 8.83. The summed E-state index contributed by atoms with van der Waals surface area (Å²) in [4.78, 5) is 10.4. The summed E-state index contributed by atoms with van der Waals surface area (Å²) in [7, 11) is -1.73. The fourth-order valence-corrected chi connectivity index (χ4v) is 3.86. The molecule has 0 fully saturated rings. The predicted octanol–water partition coefficient (Wildman–Crippen LogP) is 2.56. The Kier molecular flexibility index (Phi) is 12.3. The van der Waals surface area contributed by atoms with Gasteiger partial charge in [-0.1, -0.05) is 12.8 Å². The van der Waals surface area contributed by atoms with Gasteiger partial charge in [0.15, 0.2) is 0 Å². The lowest BCUT2D eigenvalue weighted by Gasteiger charge is -2.13. The number of sulfonamides is 1. The molecule has 0 aliphatic carbocycles. The van der Waals surface area contributed by atoms with Crippen molar-refractivity contribution < 1.29 is 32.9 Å². The Morgan fingerprint density at radius 1 is 1.03 bits per heavy atom. The van der Waals surface area contributed by atoms with Crippen LogP contribution in [0.1, 0.15) is 51.4 Å². The van der Waals surface area contributed by atoms with Crippen molar-refractivity contribution in [1.29, 1.82) is 0 Å². The molecule has 0 aliphatic heterocycles. The highest BCUT2D eigenvalue weighted by molar-refractivity contribution is 7.89. The van der Waals surface area contributed by atoms with Crippen LogP contribution in [-0.4, -0.2) is 56.7 Å². The quantitative estimate of drug-likeness (QED) is 0.324. The van der Waals surface area contributed by atoms with Crippen LogP contribution in [0, 0.1) is 0 Å². The van der Waals surface area contributed by atoms with E-state index in [0.29, 0.717) is 44.4 Å². The van der Waals surface area contributed by atoms with Crippen molar-refractivity contribution in [2.75, 3.05) is 26.0 Å². The number of aliphatic hydroxyl groups excluding tert-OH is 1. The number of hydrogen-bond acceptors (Lipinski definition) is 6. The average molecular weight is 432 g/mol. The van der Waals surface area contributed by atoms with E-state index >= 15 is 0 Å². The Morgan fingerprint density at radius 2 is 1.69 bits per heavy atom. The van der Waals surface area contributed by atoms with Crippen molar-refractivity contribution in [1.82, 2.24) is 4.72 Å². The Labute approximate surface area is 173 Å². The topological polar surface area (TPSA) is 122 Å². The minimum atomic E-state index is -3.32. The second kappa shape index (κ2) is 14.2. The highest BCUT2D eigenvalue weighted by Crippen LogP contribution is 2.17. The number of aliphatic carboxylic acids is 1. The number of ether oxygens (including phenoxy) is 2. The summed E-state index contributed by atoms with van der Waals surface area (Å²) in [5, 5.41) is 18.5. The molecule has 0 heterocycles. The van der Waals surface area contributed by atoms with E-state index in [2.05, 4.69) is 4.72 Å². The molecule has 1 rings (SSSR count). The lowest BCUT2D eigenvalue weighted by molar-refractivity contribution is -0.137. The first-order valence-electron chi connectivity index (χ1n) is 9.96. The Hall–Kier alpha value is -1.84. The maximum atomic E-state index is 11.9. The van der Waals surface area contributed by atoms with Crippen LogP contribution in [-0.2, 0) is 14.8 Å². The highest BCUT2D eigenvalue weighted by Gasteiger charge is 2.11. The molecule has 0 aromatic heterocycles. The van der Waals surface area contributed by atoms with Crippen LogP contribution in [0.15, 0.2) is 24.3 Å².